The highest BCUT2D eigenvalue weighted by Gasteiger charge is 2.59. The van der Waals surface area contributed by atoms with Crippen molar-refractivity contribution < 1.29 is 49.0 Å². The molecule has 2 nitrogen and oxygen atoms in total. The minimum Gasteiger partial charge on any atom is -0.430 e. The lowest BCUT2D eigenvalue weighted by Gasteiger charge is -2.23. The van der Waals surface area contributed by atoms with Crippen LogP contribution in [0.4, 0.5) is 39.5 Å². The summed E-state index contributed by atoms with van der Waals surface area (Å²) in [6.45, 7) is 0. The number of hydrogen-bond donors (Lipinski definition) is 0. The molecule has 0 N–H and O–H groups in total. The molecule has 2 rings (SSSR count). The van der Waals surface area contributed by atoms with Crippen LogP contribution in [0.15, 0.2) is 36.4 Å². The van der Waals surface area contributed by atoms with Crippen LogP contribution in [0.5, 0.6) is 5.75 Å². The van der Waals surface area contributed by atoms with Crippen LogP contribution in [0.2, 0.25) is 0 Å². The molecule has 11 heteroatoms. The lowest BCUT2D eigenvalue weighted by atomic mass is 10.0. The van der Waals surface area contributed by atoms with Crippen LogP contribution in [0.3, 0.4) is 0 Å². The van der Waals surface area contributed by atoms with Gasteiger partial charge in [0.25, 0.3) is 6.17 Å². The summed E-state index contributed by atoms with van der Waals surface area (Å²) in [5, 5.41) is 0. The second kappa shape index (κ2) is 7.12. The molecule has 0 spiro atoms. The normalized spacial score (nSPS) is 13.4. The molecule has 1 atom stereocenters. The molecule has 0 aliphatic carbocycles. The highest BCUT2D eigenvalue weighted by Crippen LogP contribution is 2.37. The average Bonchev–Trinajstić information content (AvgIpc) is 2.52. The quantitative estimate of drug-likeness (QED) is 0.507. The van der Waals surface area contributed by atoms with Gasteiger partial charge in [0, 0.05) is 6.07 Å². The maximum absolute atomic E-state index is 14.0. The van der Waals surface area contributed by atoms with E-state index in [0.29, 0.717) is 24.3 Å². The molecule has 0 aliphatic heterocycles. The zero-order chi connectivity index (χ0) is 20.6. The molecule has 0 saturated carbocycles. The Morgan fingerprint density at radius 3 is 1.93 bits per heavy atom. The van der Waals surface area contributed by atoms with Crippen molar-refractivity contribution in [3.8, 4) is 5.75 Å². The van der Waals surface area contributed by atoms with Gasteiger partial charge in [-0.05, 0) is 24.3 Å². The van der Waals surface area contributed by atoms with E-state index in [4.69, 9.17) is 0 Å². The van der Waals surface area contributed by atoms with Gasteiger partial charge in [-0.3, -0.25) is 4.79 Å². The molecular formula is C16H7F9O2. The molecule has 0 fully saturated rings. The maximum Gasteiger partial charge on any atom is 0.439 e. The van der Waals surface area contributed by atoms with Crippen molar-refractivity contribution in [3.63, 3.8) is 0 Å². The fourth-order valence-electron chi connectivity index (χ4n) is 1.99. The van der Waals surface area contributed by atoms with E-state index in [1.54, 1.807) is 0 Å². The first-order valence-electron chi connectivity index (χ1n) is 6.90. The van der Waals surface area contributed by atoms with E-state index >= 15 is 0 Å². The van der Waals surface area contributed by atoms with Gasteiger partial charge in [0.2, 0.25) is 5.78 Å². The van der Waals surface area contributed by atoms with Crippen LogP contribution >= 0.6 is 0 Å². The Morgan fingerprint density at radius 2 is 1.44 bits per heavy atom. The first-order chi connectivity index (χ1) is 12.3. The van der Waals surface area contributed by atoms with Gasteiger partial charge >= 0.3 is 12.3 Å². The summed E-state index contributed by atoms with van der Waals surface area (Å²) in [7, 11) is 0. The van der Waals surface area contributed by atoms with Crippen molar-refractivity contribution in [1.82, 2.24) is 0 Å². The average molecular weight is 402 g/mol. The predicted octanol–water partition coefficient (Wildman–Crippen LogP) is 5.21. The summed E-state index contributed by atoms with van der Waals surface area (Å²) in [5.74, 6) is -7.00. The topological polar surface area (TPSA) is 26.3 Å². The molecule has 0 saturated heterocycles. The fraction of sp³-hybridized carbons (Fsp3) is 0.188. The monoisotopic (exact) mass is 402 g/mol. The van der Waals surface area contributed by atoms with Gasteiger partial charge in [0.15, 0.2) is 0 Å². The van der Waals surface area contributed by atoms with Crippen molar-refractivity contribution in [3.05, 3.63) is 65.0 Å². The fourth-order valence-corrected chi connectivity index (χ4v) is 1.99. The van der Waals surface area contributed by atoms with E-state index in [0.717, 1.165) is 6.07 Å². The van der Waals surface area contributed by atoms with Gasteiger partial charge < -0.3 is 4.74 Å². The number of halogens is 9. The lowest BCUT2D eigenvalue weighted by molar-refractivity contribution is -0.305. The summed E-state index contributed by atoms with van der Waals surface area (Å²) in [5.41, 5.74) is -2.10. The molecule has 0 radical (unpaired) electrons. The molecular weight excluding hydrogens is 395 g/mol. The Morgan fingerprint density at radius 1 is 0.889 bits per heavy atom. The minimum atomic E-state index is -5.94. The molecule has 1 unspecified atom stereocenters. The second-order valence-corrected chi connectivity index (χ2v) is 5.14. The van der Waals surface area contributed by atoms with Crippen LogP contribution in [0.25, 0.3) is 0 Å². The lowest BCUT2D eigenvalue weighted by Crippen LogP contribution is -2.45. The Balaban J connectivity index is 2.32. The van der Waals surface area contributed by atoms with Crippen LogP contribution < -0.4 is 4.74 Å². The van der Waals surface area contributed by atoms with E-state index in [1.807, 2.05) is 0 Å². The third kappa shape index (κ3) is 4.34. The number of hydrogen-bond acceptors (Lipinski definition) is 2. The zero-order valence-electron chi connectivity index (χ0n) is 12.8. The van der Waals surface area contributed by atoms with Crippen LogP contribution in [-0.4, -0.2) is 24.2 Å². The van der Waals surface area contributed by atoms with Gasteiger partial charge in [-0.2, -0.15) is 22.0 Å². The SMILES string of the molecule is O=C(c1ccc(OC(F)(F)C(F)C(F)(F)F)cc1F)c1c(F)cccc1F. The Hall–Kier alpha value is -2.72. The Kier molecular flexibility index (Phi) is 5.43. The molecule has 2 aromatic carbocycles. The van der Waals surface area contributed by atoms with E-state index in [1.165, 1.54) is 0 Å². The van der Waals surface area contributed by atoms with Crippen molar-refractivity contribution in [2.24, 2.45) is 0 Å². The number of benzene rings is 2. The van der Waals surface area contributed by atoms with Gasteiger partial charge in [-0.25, -0.2) is 17.6 Å². The molecule has 0 bridgehead atoms. The first kappa shape index (κ1) is 20.6. The second-order valence-electron chi connectivity index (χ2n) is 5.14. The van der Waals surface area contributed by atoms with E-state index in [2.05, 4.69) is 4.74 Å². The molecule has 146 valence electrons. The predicted molar refractivity (Wildman–Crippen MR) is 72.7 cm³/mol. The Bertz CT molecular complexity index is 841. The number of rotatable bonds is 5. The highest BCUT2D eigenvalue weighted by molar-refractivity contribution is 6.09. The van der Waals surface area contributed by atoms with Gasteiger partial charge in [-0.15, -0.1) is 0 Å². The van der Waals surface area contributed by atoms with E-state index < -0.39 is 58.6 Å². The summed E-state index contributed by atoms with van der Waals surface area (Å²) in [6, 6.07) is 3.30. The molecule has 0 aromatic heterocycles. The summed E-state index contributed by atoms with van der Waals surface area (Å²) in [6.07, 6.45) is -16.0. The standard InChI is InChI=1S/C16H7F9O2/c17-9-2-1-3-10(18)12(9)13(26)8-5-4-7(6-11(8)19)27-16(24,25)14(20)15(21,22)23/h1-6,14H. The van der Waals surface area contributed by atoms with Crippen molar-refractivity contribution in [2.45, 2.75) is 18.5 Å². The zero-order valence-corrected chi connectivity index (χ0v) is 12.8. The van der Waals surface area contributed by atoms with E-state index in [9.17, 15) is 44.3 Å². The summed E-state index contributed by atoms with van der Waals surface area (Å²) < 4.78 is 120. The van der Waals surface area contributed by atoms with Crippen LogP contribution in [0, 0.1) is 17.5 Å². The number of ketones is 1. The van der Waals surface area contributed by atoms with Crippen LogP contribution in [0.1, 0.15) is 15.9 Å². The largest absolute Gasteiger partial charge is 0.439 e. The van der Waals surface area contributed by atoms with Crippen LogP contribution in [-0.2, 0) is 0 Å². The molecule has 0 aliphatic rings. The molecule has 2 aromatic rings. The number of carbonyl (C=O) groups excluding carboxylic acids is 1. The third-order valence-corrected chi connectivity index (χ3v) is 3.21. The van der Waals surface area contributed by atoms with Gasteiger partial charge in [0.1, 0.15) is 23.2 Å². The molecule has 0 amide bonds. The van der Waals surface area contributed by atoms with Gasteiger partial charge in [-0.1, -0.05) is 6.07 Å². The molecule has 0 heterocycles. The molecule has 27 heavy (non-hydrogen) atoms. The Labute approximate surface area is 145 Å². The third-order valence-electron chi connectivity index (χ3n) is 3.21. The van der Waals surface area contributed by atoms with Crippen molar-refractivity contribution >= 4 is 5.78 Å². The minimum absolute atomic E-state index is 0.0585. The van der Waals surface area contributed by atoms with Gasteiger partial charge in [0.05, 0.1) is 11.1 Å². The highest BCUT2D eigenvalue weighted by atomic mass is 19.4. The summed E-state index contributed by atoms with van der Waals surface area (Å²) >= 11 is 0. The summed E-state index contributed by atoms with van der Waals surface area (Å²) in [4.78, 5) is 12.0. The number of ether oxygens (including phenoxy) is 1. The van der Waals surface area contributed by atoms with E-state index in [-0.39, 0.29) is 6.07 Å². The maximum atomic E-state index is 14.0. The number of carbonyl (C=O) groups is 1. The first-order valence-corrected chi connectivity index (χ1v) is 6.90. The smallest absolute Gasteiger partial charge is 0.430 e. The number of alkyl halides is 6. The van der Waals surface area contributed by atoms with Crippen molar-refractivity contribution in [1.29, 1.82) is 0 Å². The van der Waals surface area contributed by atoms with Crippen molar-refractivity contribution in [2.75, 3.05) is 0 Å².